The van der Waals surface area contributed by atoms with Crippen molar-refractivity contribution in [3.8, 4) is 5.75 Å². The van der Waals surface area contributed by atoms with Crippen LogP contribution in [0.3, 0.4) is 0 Å². The van der Waals surface area contributed by atoms with Crippen LogP contribution >= 0.6 is 24.0 Å². The second-order valence-corrected chi connectivity index (χ2v) is 5.77. The zero-order valence-electron chi connectivity index (χ0n) is 15.8. The number of nitrogens with one attached hydrogen (secondary N) is 2. The Morgan fingerprint density at radius 2 is 1.92 bits per heavy atom. The molecule has 2 N–H and O–H groups in total. The van der Waals surface area contributed by atoms with E-state index in [1.165, 1.54) is 0 Å². The van der Waals surface area contributed by atoms with E-state index in [1.807, 2.05) is 37.3 Å². The molecule has 0 aliphatic rings. The van der Waals surface area contributed by atoms with Crippen molar-refractivity contribution in [3.63, 3.8) is 0 Å². The third kappa shape index (κ3) is 12.0. The second kappa shape index (κ2) is 15.2. The fraction of sp³-hybridized carbons (Fsp3) is 0.611. The average molecular weight is 464 g/mol. The zero-order chi connectivity index (χ0) is 17.6. The molecule has 0 saturated carbocycles. The summed E-state index contributed by atoms with van der Waals surface area (Å²) < 4.78 is 10.9. The van der Waals surface area contributed by atoms with Crippen molar-refractivity contribution in [1.82, 2.24) is 15.5 Å². The molecule has 0 aliphatic heterocycles. The number of hydrogen-bond donors (Lipinski definition) is 2. The molecule has 7 heteroatoms. The molecule has 144 valence electrons. The quantitative estimate of drug-likeness (QED) is 0.228. The summed E-state index contributed by atoms with van der Waals surface area (Å²) in [5.41, 5.74) is 0. The molecule has 0 amide bonds. The van der Waals surface area contributed by atoms with Crippen LogP contribution in [0.4, 0.5) is 0 Å². The molecule has 1 unspecified atom stereocenters. The van der Waals surface area contributed by atoms with Crippen LogP contribution in [0.15, 0.2) is 35.3 Å². The molecule has 1 rings (SSSR count). The molecule has 0 bridgehead atoms. The molecule has 0 heterocycles. The predicted molar refractivity (Wildman–Crippen MR) is 115 cm³/mol. The van der Waals surface area contributed by atoms with Crippen molar-refractivity contribution < 1.29 is 9.47 Å². The number of nitrogens with zero attached hydrogens (tertiary/aromatic N) is 2. The highest BCUT2D eigenvalue weighted by Gasteiger charge is 2.05. The molecule has 0 aliphatic carbocycles. The smallest absolute Gasteiger partial charge is 0.191 e. The van der Waals surface area contributed by atoms with Gasteiger partial charge in [0.2, 0.25) is 0 Å². The van der Waals surface area contributed by atoms with Crippen molar-refractivity contribution in [2.24, 2.45) is 4.99 Å². The second-order valence-electron chi connectivity index (χ2n) is 5.77. The van der Waals surface area contributed by atoms with Gasteiger partial charge < -0.3 is 25.0 Å². The lowest BCUT2D eigenvalue weighted by Crippen LogP contribution is -2.44. The zero-order valence-corrected chi connectivity index (χ0v) is 18.2. The summed E-state index contributed by atoms with van der Waals surface area (Å²) in [5.74, 6) is 1.68. The van der Waals surface area contributed by atoms with Crippen LogP contribution in [0.25, 0.3) is 0 Å². The van der Waals surface area contributed by atoms with Gasteiger partial charge in [-0.25, -0.2) is 0 Å². The topological polar surface area (TPSA) is 58.1 Å². The van der Waals surface area contributed by atoms with Gasteiger partial charge in [0, 0.05) is 40.4 Å². The van der Waals surface area contributed by atoms with Crippen molar-refractivity contribution >= 4 is 29.9 Å². The van der Waals surface area contributed by atoms with Gasteiger partial charge in [0.15, 0.2) is 5.96 Å². The van der Waals surface area contributed by atoms with Crippen LogP contribution in [0.5, 0.6) is 5.75 Å². The van der Waals surface area contributed by atoms with Gasteiger partial charge in [-0.3, -0.25) is 4.99 Å². The molecule has 1 aromatic carbocycles. The number of guanidine groups is 1. The van der Waals surface area contributed by atoms with Gasteiger partial charge in [0.05, 0.1) is 6.54 Å². The first-order valence-electron chi connectivity index (χ1n) is 8.49. The van der Waals surface area contributed by atoms with Crippen LogP contribution in [-0.4, -0.2) is 71.0 Å². The Morgan fingerprint density at radius 1 is 1.20 bits per heavy atom. The first kappa shape index (κ1) is 23.9. The third-order valence-corrected chi connectivity index (χ3v) is 3.54. The maximum Gasteiger partial charge on any atom is 0.191 e. The van der Waals surface area contributed by atoms with Crippen molar-refractivity contribution in [2.45, 2.75) is 19.4 Å². The van der Waals surface area contributed by atoms with Crippen molar-refractivity contribution in [3.05, 3.63) is 30.3 Å². The number of ether oxygens (including phenoxy) is 2. The van der Waals surface area contributed by atoms with E-state index in [0.29, 0.717) is 6.54 Å². The van der Waals surface area contributed by atoms with Gasteiger partial charge in [0.25, 0.3) is 0 Å². The van der Waals surface area contributed by atoms with Crippen molar-refractivity contribution in [1.29, 1.82) is 0 Å². The monoisotopic (exact) mass is 464 g/mol. The largest absolute Gasteiger partial charge is 0.489 e. The van der Waals surface area contributed by atoms with E-state index in [9.17, 15) is 0 Å². The van der Waals surface area contributed by atoms with Crippen molar-refractivity contribution in [2.75, 3.05) is 54.0 Å². The Balaban J connectivity index is 0.00000576. The first-order chi connectivity index (χ1) is 11.7. The maximum atomic E-state index is 5.84. The van der Waals surface area contributed by atoms with Crippen LogP contribution in [-0.2, 0) is 4.74 Å². The van der Waals surface area contributed by atoms with E-state index >= 15 is 0 Å². The molecule has 0 saturated heterocycles. The normalized spacial score (nSPS) is 12.4. The Morgan fingerprint density at radius 3 is 2.56 bits per heavy atom. The molecule has 0 fully saturated rings. The average Bonchev–Trinajstić information content (AvgIpc) is 2.59. The van der Waals surface area contributed by atoms with E-state index < -0.39 is 0 Å². The minimum Gasteiger partial charge on any atom is -0.489 e. The van der Waals surface area contributed by atoms with Crippen LogP contribution in [0, 0.1) is 0 Å². The van der Waals surface area contributed by atoms with Gasteiger partial charge in [-0.05, 0) is 32.5 Å². The standard InChI is InChI=1S/C18H32N4O2.HI/c1-16(24-17-9-6-5-7-10-17)15-21-18(19-2)20-11-13-22(3)12-8-14-23-4;/h5-7,9-10,16H,8,11-15H2,1-4H3,(H2,19,20,21);1H. The van der Waals surface area contributed by atoms with E-state index in [2.05, 4.69) is 27.6 Å². The summed E-state index contributed by atoms with van der Waals surface area (Å²) in [6.07, 6.45) is 1.11. The number of halogens is 1. The summed E-state index contributed by atoms with van der Waals surface area (Å²) in [6.45, 7) is 6.37. The molecule has 0 radical (unpaired) electrons. The minimum atomic E-state index is 0. The summed E-state index contributed by atoms with van der Waals surface area (Å²) in [6, 6.07) is 9.85. The SMILES string of the molecule is CN=C(NCCN(C)CCCOC)NCC(C)Oc1ccccc1.I. The van der Waals surface area contributed by atoms with Gasteiger partial charge in [-0.1, -0.05) is 18.2 Å². The van der Waals surface area contributed by atoms with Crippen LogP contribution in [0.1, 0.15) is 13.3 Å². The number of aliphatic imine (C=N–C) groups is 1. The molecule has 25 heavy (non-hydrogen) atoms. The highest BCUT2D eigenvalue weighted by molar-refractivity contribution is 14.0. The molecule has 1 atom stereocenters. The number of para-hydroxylation sites is 1. The third-order valence-electron chi connectivity index (χ3n) is 3.54. The number of methoxy groups -OCH3 is 1. The molecule has 1 aromatic rings. The Kier molecular flexibility index (Phi) is 14.6. The molecule has 0 aromatic heterocycles. The highest BCUT2D eigenvalue weighted by Crippen LogP contribution is 2.10. The Labute approximate surface area is 169 Å². The van der Waals surface area contributed by atoms with Crippen LogP contribution < -0.4 is 15.4 Å². The fourth-order valence-corrected chi connectivity index (χ4v) is 2.19. The number of rotatable bonds is 11. The number of likely N-dealkylation sites (N-methyl/N-ethyl adjacent to an activating group) is 1. The number of benzene rings is 1. The Bertz CT molecular complexity index is 460. The van der Waals surface area contributed by atoms with Gasteiger partial charge in [-0.15, -0.1) is 24.0 Å². The van der Waals surface area contributed by atoms with Gasteiger partial charge in [0.1, 0.15) is 11.9 Å². The van der Waals surface area contributed by atoms with Gasteiger partial charge >= 0.3 is 0 Å². The first-order valence-corrected chi connectivity index (χ1v) is 8.49. The summed E-state index contributed by atoms with van der Waals surface area (Å²) in [4.78, 5) is 6.52. The highest BCUT2D eigenvalue weighted by atomic mass is 127. The van der Waals surface area contributed by atoms with Gasteiger partial charge in [-0.2, -0.15) is 0 Å². The molecular weight excluding hydrogens is 431 g/mol. The summed E-state index contributed by atoms with van der Waals surface area (Å²) in [7, 11) is 5.63. The van der Waals surface area contributed by atoms with E-state index in [0.717, 1.165) is 44.4 Å². The van der Waals surface area contributed by atoms with E-state index in [-0.39, 0.29) is 30.1 Å². The summed E-state index contributed by atoms with van der Waals surface area (Å²) in [5, 5.41) is 6.61. The van der Waals surface area contributed by atoms with Crippen LogP contribution in [0.2, 0.25) is 0 Å². The lowest BCUT2D eigenvalue weighted by molar-refractivity contribution is 0.180. The maximum absolute atomic E-state index is 5.84. The van der Waals surface area contributed by atoms with E-state index in [4.69, 9.17) is 9.47 Å². The molecule has 6 nitrogen and oxygen atoms in total. The Hall–Kier alpha value is -1.06. The fourth-order valence-electron chi connectivity index (χ4n) is 2.19. The lowest BCUT2D eigenvalue weighted by Gasteiger charge is -2.20. The predicted octanol–water partition coefficient (Wildman–Crippen LogP) is 2.21. The lowest BCUT2D eigenvalue weighted by atomic mass is 10.3. The molecular formula is C18H33IN4O2. The summed E-state index contributed by atoms with van der Waals surface area (Å²) >= 11 is 0. The number of hydrogen-bond acceptors (Lipinski definition) is 4. The van der Waals surface area contributed by atoms with E-state index in [1.54, 1.807) is 14.2 Å². The minimum absolute atomic E-state index is 0. The molecule has 0 spiro atoms.